The fourth-order valence-corrected chi connectivity index (χ4v) is 2.75. The number of piperazine rings is 1. The molecule has 0 bridgehead atoms. The van der Waals surface area contributed by atoms with E-state index < -0.39 is 24.7 Å². The van der Waals surface area contributed by atoms with Crippen molar-refractivity contribution in [1.29, 1.82) is 0 Å². The van der Waals surface area contributed by atoms with Crippen molar-refractivity contribution < 1.29 is 22.8 Å². The van der Waals surface area contributed by atoms with Gasteiger partial charge in [-0.3, -0.25) is 14.5 Å². The number of rotatable bonds is 6. The summed E-state index contributed by atoms with van der Waals surface area (Å²) in [6.07, 6.45) is -4.06. The summed E-state index contributed by atoms with van der Waals surface area (Å²) in [7, 11) is 0. The molecule has 1 unspecified atom stereocenters. The van der Waals surface area contributed by atoms with Crippen LogP contribution in [0.3, 0.4) is 0 Å². The molecule has 5 nitrogen and oxygen atoms in total. The molecule has 25 heavy (non-hydrogen) atoms. The number of alkyl halides is 3. The fourth-order valence-electron chi connectivity index (χ4n) is 2.75. The molecule has 1 heterocycles. The van der Waals surface area contributed by atoms with Gasteiger partial charge in [0.25, 0.3) is 5.91 Å². The largest absolute Gasteiger partial charge is 0.405 e. The highest BCUT2D eigenvalue weighted by Gasteiger charge is 2.43. The van der Waals surface area contributed by atoms with Gasteiger partial charge in [-0.2, -0.15) is 13.2 Å². The average molecular weight is 357 g/mol. The summed E-state index contributed by atoms with van der Waals surface area (Å²) in [6.45, 7) is 2.79. The van der Waals surface area contributed by atoms with E-state index in [9.17, 15) is 22.8 Å². The normalized spacial score (nSPS) is 17.1. The number of Topliss-reactive ketones (excluding diaryl/α,β-unsaturated/α-hetero) is 1. The summed E-state index contributed by atoms with van der Waals surface area (Å²) < 4.78 is 39.9. The second kappa shape index (κ2) is 8.44. The standard InChI is InChI=1S/C17H22F3N3O2/c1-2-14(24)12-3-5-13(6-4-12)16(25)22-11-15(17(18,19)20)23-9-7-21-8-10-23/h3-6,15,21H,2,7-11H2,1H3,(H,22,25). The highest BCUT2D eigenvalue weighted by molar-refractivity contribution is 5.98. The van der Waals surface area contributed by atoms with Crippen LogP contribution in [0.4, 0.5) is 13.2 Å². The van der Waals surface area contributed by atoms with Gasteiger partial charge in [0, 0.05) is 50.3 Å². The number of nitrogens with zero attached hydrogens (tertiary/aromatic N) is 1. The van der Waals surface area contributed by atoms with Crippen molar-refractivity contribution in [1.82, 2.24) is 15.5 Å². The number of carbonyl (C=O) groups excluding carboxylic acids is 2. The molecule has 0 spiro atoms. The first-order valence-electron chi connectivity index (χ1n) is 8.26. The SMILES string of the molecule is CCC(=O)c1ccc(C(=O)NCC(N2CCNCC2)C(F)(F)F)cc1. The Morgan fingerprint density at radius 3 is 2.24 bits per heavy atom. The molecule has 0 aromatic heterocycles. The van der Waals surface area contributed by atoms with Gasteiger partial charge in [-0.15, -0.1) is 0 Å². The summed E-state index contributed by atoms with van der Waals surface area (Å²) in [5, 5.41) is 5.37. The fraction of sp³-hybridized carbons (Fsp3) is 0.529. The van der Waals surface area contributed by atoms with Crippen molar-refractivity contribution in [3.8, 4) is 0 Å². The maximum absolute atomic E-state index is 13.3. The Morgan fingerprint density at radius 2 is 1.72 bits per heavy atom. The Balaban J connectivity index is 1.99. The molecular formula is C17H22F3N3O2. The number of hydrogen-bond acceptors (Lipinski definition) is 4. The number of benzene rings is 1. The van der Waals surface area contributed by atoms with Gasteiger partial charge in [0.1, 0.15) is 6.04 Å². The van der Waals surface area contributed by atoms with Gasteiger partial charge in [0.05, 0.1) is 0 Å². The molecule has 1 aliphatic heterocycles. The first kappa shape index (κ1) is 19.4. The molecule has 1 atom stereocenters. The van der Waals surface area contributed by atoms with Crippen LogP contribution in [-0.4, -0.2) is 61.5 Å². The molecule has 1 saturated heterocycles. The monoisotopic (exact) mass is 357 g/mol. The molecule has 1 amide bonds. The third-order valence-electron chi connectivity index (χ3n) is 4.22. The molecular weight excluding hydrogens is 335 g/mol. The Morgan fingerprint density at radius 1 is 1.16 bits per heavy atom. The van der Waals surface area contributed by atoms with E-state index in [1.165, 1.54) is 29.2 Å². The number of amides is 1. The van der Waals surface area contributed by atoms with E-state index in [-0.39, 0.29) is 24.4 Å². The van der Waals surface area contributed by atoms with E-state index in [4.69, 9.17) is 0 Å². The molecule has 1 aliphatic rings. The summed E-state index contributed by atoms with van der Waals surface area (Å²) in [5.74, 6) is -0.636. The molecule has 0 saturated carbocycles. The number of carbonyl (C=O) groups is 2. The van der Waals surface area contributed by atoms with E-state index >= 15 is 0 Å². The van der Waals surface area contributed by atoms with Crippen molar-refractivity contribution >= 4 is 11.7 Å². The molecule has 0 aliphatic carbocycles. The van der Waals surface area contributed by atoms with Crippen LogP contribution < -0.4 is 10.6 Å². The zero-order valence-corrected chi connectivity index (χ0v) is 14.0. The topological polar surface area (TPSA) is 61.4 Å². The summed E-state index contributed by atoms with van der Waals surface area (Å²) in [5.41, 5.74) is 0.710. The number of halogens is 3. The molecule has 8 heteroatoms. The quantitative estimate of drug-likeness (QED) is 0.763. The second-order valence-electron chi connectivity index (χ2n) is 5.91. The zero-order chi connectivity index (χ0) is 18.4. The van der Waals surface area contributed by atoms with E-state index in [2.05, 4.69) is 10.6 Å². The first-order valence-corrected chi connectivity index (χ1v) is 8.26. The summed E-state index contributed by atoms with van der Waals surface area (Å²) >= 11 is 0. The predicted octanol–water partition coefficient (Wildman–Crippen LogP) is 1.85. The van der Waals surface area contributed by atoms with Gasteiger partial charge in [0.15, 0.2) is 5.78 Å². The molecule has 2 rings (SSSR count). The van der Waals surface area contributed by atoms with Crippen LogP contribution in [-0.2, 0) is 0 Å². The minimum absolute atomic E-state index is 0.0530. The highest BCUT2D eigenvalue weighted by atomic mass is 19.4. The maximum atomic E-state index is 13.3. The molecule has 0 radical (unpaired) electrons. The minimum atomic E-state index is -4.41. The Kier molecular flexibility index (Phi) is 6.55. The summed E-state index contributed by atoms with van der Waals surface area (Å²) in [6, 6.07) is 4.22. The van der Waals surface area contributed by atoms with E-state index in [0.29, 0.717) is 25.1 Å². The Hall–Kier alpha value is -1.93. The van der Waals surface area contributed by atoms with E-state index in [0.717, 1.165) is 0 Å². The van der Waals surface area contributed by atoms with Crippen LogP contribution in [0.25, 0.3) is 0 Å². The second-order valence-corrected chi connectivity index (χ2v) is 5.91. The molecule has 138 valence electrons. The number of nitrogens with one attached hydrogen (secondary N) is 2. The van der Waals surface area contributed by atoms with Crippen molar-refractivity contribution in [3.05, 3.63) is 35.4 Å². The van der Waals surface area contributed by atoms with Crippen molar-refractivity contribution in [2.24, 2.45) is 0 Å². The minimum Gasteiger partial charge on any atom is -0.350 e. The van der Waals surface area contributed by atoms with Crippen molar-refractivity contribution in [3.63, 3.8) is 0 Å². The Labute approximate surface area is 144 Å². The van der Waals surface area contributed by atoms with Gasteiger partial charge in [-0.05, 0) is 12.1 Å². The smallest absolute Gasteiger partial charge is 0.350 e. The lowest BCUT2D eigenvalue weighted by atomic mass is 10.1. The van der Waals surface area contributed by atoms with Crippen LogP contribution in [0.5, 0.6) is 0 Å². The lowest BCUT2D eigenvalue weighted by Crippen LogP contribution is -2.57. The van der Waals surface area contributed by atoms with Gasteiger partial charge in [0.2, 0.25) is 0 Å². The lowest BCUT2D eigenvalue weighted by Gasteiger charge is -2.35. The molecule has 1 aromatic carbocycles. The van der Waals surface area contributed by atoms with Crippen LogP contribution in [0.2, 0.25) is 0 Å². The van der Waals surface area contributed by atoms with Crippen LogP contribution in [0.15, 0.2) is 24.3 Å². The third-order valence-corrected chi connectivity index (χ3v) is 4.22. The lowest BCUT2D eigenvalue weighted by molar-refractivity contribution is -0.183. The summed E-state index contributed by atoms with van der Waals surface area (Å²) in [4.78, 5) is 25.0. The van der Waals surface area contributed by atoms with E-state index in [1.54, 1.807) is 6.92 Å². The molecule has 2 N–H and O–H groups in total. The van der Waals surface area contributed by atoms with Crippen molar-refractivity contribution in [2.75, 3.05) is 32.7 Å². The number of hydrogen-bond donors (Lipinski definition) is 2. The zero-order valence-electron chi connectivity index (χ0n) is 14.0. The predicted molar refractivity (Wildman–Crippen MR) is 87.7 cm³/mol. The average Bonchev–Trinajstić information content (AvgIpc) is 2.61. The van der Waals surface area contributed by atoms with Crippen molar-refractivity contribution in [2.45, 2.75) is 25.6 Å². The van der Waals surface area contributed by atoms with Gasteiger partial charge in [-0.25, -0.2) is 0 Å². The van der Waals surface area contributed by atoms with Crippen LogP contribution in [0, 0.1) is 0 Å². The van der Waals surface area contributed by atoms with Crippen LogP contribution >= 0.6 is 0 Å². The Bertz CT molecular complexity index is 596. The van der Waals surface area contributed by atoms with Gasteiger partial charge in [-0.1, -0.05) is 19.1 Å². The van der Waals surface area contributed by atoms with Gasteiger partial charge < -0.3 is 10.6 Å². The maximum Gasteiger partial charge on any atom is 0.405 e. The van der Waals surface area contributed by atoms with Crippen LogP contribution in [0.1, 0.15) is 34.1 Å². The molecule has 1 fully saturated rings. The number of ketones is 1. The highest BCUT2D eigenvalue weighted by Crippen LogP contribution is 2.24. The third kappa shape index (κ3) is 5.27. The first-order chi connectivity index (χ1) is 11.8. The molecule has 1 aromatic rings. The van der Waals surface area contributed by atoms with Gasteiger partial charge >= 0.3 is 6.18 Å². The van der Waals surface area contributed by atoms with E-state index in [1.807, 2.05) is 0 Å².